The largest absolute Gasteiger partial charge is 0.267 e. The van der Waals surface area contributed by atoms with E-state index in [4.69, 9.17) is 5.10 Å². The fraction of sp³-hybridized carbons (Fsp3) is 0.375. The molecule has 0 aliphatic rings. The van der Waals surface area contributed by atoms with Gasteiger partial charge in [-0.15, -0.1) is 0 Å². The van der Waals surface area contributed by atoms with Crippen molar-refractivity contribution in [3.8, 4) is 0 Å². The van der Waals surface area contributed by atoms with E-state index in [1.165, 1.54) is 0 Å². The van der Waals surface area contributed by atoms with Crippen molar-refractivity contribution >= 4 is 10.0 Å². The standard InChI is InChI=1S/C24H31N3O2S/c1-19(2)27(17-21-14-10-7-11-15-21)30(28,29)22-18-26(25-23(22)24(3,4)5)16-20-12-8-6-9-13-20/h6-15,18-19H,16-17H2,1-5H3. The number of benzene rings is 2. The molecular weight excluding hydrogens is 394 g/mol. The lowest BCUT2D eigenvalue weighted by atomic mass is 9.92. The van der Waals surface area contributed by atoms with Crippen molar-refractivity contribution in [3.63, 3.8) is 0 Å². The molecule has 0 atom stereocenters. The van der Waals surface area contributed by atoms with Gasteiger partial charge in [-0.2, -0.15) is 9.40 Å². The van der Waals surface area contributed by atoms with E-state index in [0.717, 1.165) is 11.1 Å². The van der Waals surface area contributed by atoms with E-state index in [1.54, 1.807) is 15.2 Å². The molecule has 3 aromatic rings. The summed E-state index contributed by atoms with van der Waals surface area (Å²) in [6.07, 6.45) is 1.68. The van der Waals surface area contributed by atoms with Crippen LogP contribution in [-0.4, -0.2) is 28.5 Å². The summed E-state index contributed by atoms with van der Waals surface area (Å²) in [5.74, 6) is 0. The molecule has 0 saturated carbocycles. The van der Waals surface area contributed by atoms with Crippen molar-refractivity contribution in [2.24, 2.45) is 0 Å². The Morgan fingerprint density at radius 2 is 1.47 bits per heavy atom. The van der Waals surface area contributed by atoms with Crippen molar-refractivity contribution in [1.29, 1.82) is 0 Å². The maximum absolute atomic E-state index is 13.8. The fourth-order valence-corrected chi connectivity index (χ4v) is 5.37. The zero-order chi connectivity index (χ0) is 21.9. The van der Waals surface area contributed by atoms with Crippen LogP contribution >= 0.6 is 0 Å². The van der Waals surface area contributed by atoms with Crippen LogP contribution in [0.2, 0.25) is 0 Å². The third kappa shape index (κ3) is 4.99. The van der Waals surface area contributed by atoms with Crippen LogP contribution in [0, 0.1) is 0 Å². The molecule has 0 fully saturated rings. The summed E-state index contributed by atoms with van der Waals surface area (Å²) >= 11 is 0. The van der Waals surface area contributed by atoms with Gasteiger partial charge in [0.05, 0.1) is 12.2 Å². The Kier molecular flexibility index (Phi) is 6.48. The van der Waals surface area contributed by atoms with Gasteiger partial charge in [0.15, 0.2) is 0 Å². The van der Waals surface area contributed by atoms with Crippen LogP contribution in [0.25, 0.3) is 0 Å². The van der Waals surface area contributed by atoms with Crippen LogP contribution in [0.3, 0.4) is 0 Å². The molecule has 0 unspecified atom stereocenters. The lowest BCUT2D eigenvalue weighted by molar-refractivity contribution is 0.347. The average molecular weight is 426 g/mol. The minimum Gasteiger partial charge on any atom is -0.267 e. The monoisotopic (exact) mass is 425 g/mol. The summed E-state index contributed by atoms with van der Waals surface area (Å²) in [6.45, 7) is 10.7. The van der Waals surface area contributed by atoms with Crippen LogP contribution in [-0.2, 0) is 28.5 Å². The van der Waals surface area contributed by atoms with E-state index in [0.29, 0.717) is 18.8 Å². The predicted molar refractivity (Wildman–Crippen MR) is 121 cm³/mol. The maximum Gasteiger partial charge on any atom is 0.247 e. The van der Waals surface area contributed by atoms with Gasteiger partial charge < -0.3 is 0 Å². The van der Waals surface area contributed by atoms with Gasteiger partial charge >= 0.3 is 0 Å². The van der Waals surface area contributed by atoms with E-state index < -0.39 is 15.4 Å². The number of hydrogen-bond donors (Lipinski definition) is 0. The first-order valence-corrected chi connectivity index (χ1v) is 11.7. The summed E-state index contributed by atoms with van der Waals surface area (Å²) < 4.78 is 30.9. The minimum atomic E-state index is -3.73. The molecule has 30 heavy (non-hydrogen) atoms. The van der Waals surface area contributed by atoms with E-state index in [2.05, 4.69) is 0 Å². The van der Waals surface area contributed by atoms with Gasteiger partial charge in [-0.25, -0.2) is 8.42 Å². The molecule has 3 rings (SSSR count). The van der Waals surface area contributed by atoms with E-state index in [-0.39, 0.29) is 10.9 Å². The number of sulfonamides is 1. The van der Waals surface area contributed by atoms with Crippen LogP contribution < -0.4 is 0 Å². The Hall–Kier alpha value is -2.44. The highest BCUT2D eigenvalue weighted by Gasteiger charge is 2.35. The second-order valence-corrected chi connectivity index (χ2v) is 10.8. The molecule has 0 bridgehead atoms. The fourth-order valence-electron chi connectivity index (χ4n) is 3.40. The highest BCUT2D eigenvalue weighted by atomic mass is 32.2. The molecule has 0 saturated heterocycles. The zero-order valence-electron chi connectivity index (χ0n) is 18.4. The topological polar surface area (TPSA) is 55.2 Å². The normalized spacial score (nSPS) is 12.6. The van der Waals surface area contributed by atoms with Crippen LogP contribution in [0.15, 0.2) is 71.8 Å². The number of rotatable bonds is 7. The Labute approximate surface area is 180 Å². The average Bonchev–Trinajstić information content (AvgIpc) is 3.13. The summed E-state index contributed by atoms with van der Waals surface area (Å²) in [5.41, 5.74) is 2.23. The second kappa shape index (κ2) is 8.74. The molecule has 1 aromatic heterocycles. The third-order valence-electron chi connectivity index (χ3n) is 4.97. The molecule has 5 nitrogen and oxygen atoms in total. The molecule has 1 heterocycles. The Morgan fingerprint density at radius 1 is 0.933 bits per heavy atom. The summed E-state index contributed by atoms with van der Waals surface area (Å²) in [4.78, 5) is 0.288. The first-order chi connectivity index (χ1) is 14.1. The summed E-state index contributed by atoms with van der Waals surface area (Å²) in [6, 6.07) is 19.5. The second-order valence-electron chi connectivity index (χ2n) is 8.90. The Balaban J connectivity index is 2.04. The zero-order valence-corrected chi connectivity index (χ0v) is 19.2. The lowest BCUT2D eigenvalue weighted by Gasteiger charge is -2.27. The highest BCUT2D eigenvalue weighted by Crippen LogP contribution is 2.31. The number of nitrogens with zero attached hydrogens (tertiary/aromatic N) is 3. The van der Waals surface area contributed by atoms with E-state index in [9.17, 15) is 8.42 Å². The molecule has 0 N–H and O–H groups in total. The maximum atomic E-state index is 13.8. The molecular formula is C24H31N3O2S. The molecule has 0 aliphatic carbocycles. The SMILES string of the molecule is CC(C)N(Cc1ccccc1)S(=O)(=O)c1cn(Cc2ccccc2)nc1C(C)(C)C. The van der Waals surface area contributed by atoms with Gasteiger partial charge in [0, 0.05) is 24.2 Å². The van der Waals surface area contributed by atoms with Gasteiger partial charge in [-0.3, -0.25) is 4.68 Å². The molecule has 0 aliphatic heterocycles. The Morgan fingerprint density at radius 3 is 1.97 bits per heavy atom. The van der Waals surface area contributed by atoms with Crippen molar-refractivity contribution in [2.45, 2.75) is 64.1 Å². The van der Waals surface area contributed by atoms with Crippen molar-refractivity contribution in [3.05, 3.63) is 83.7 Å². The minimum absolute atomic E-state index is 0.180. The number of aromatic nitrogens is 2. The predicted octanol–water partition coefficient (Wildman–Crippen LogP) is 4.83. The van der Waals surface area contributed by atoms with Gasteiger partial charge in [-0.05, 0) is 25.0 Å². The van der Waals surface area contributed by atoms with Gasteiger partial charge in [0.2, 0.25) is 10.0 Å². The van der Waals surface area contributed by atoms with Gasteiger partial charge in [0.1, 0.15) is 4.90 Å². The summed E-state index contributed by atoms with van der Waals surface area (Å²) in [5, 5.41) is 4.70. The third-order valence-corrected chi connectivity index (χ3v) is 6.99. The van der Waals surface area contributed by atoms with Crippen LogP contribution in [0.1, 0.15) is 51.4 Å². The molecule has 0 spiro atoms. The summed E-state index contributed by atoms with van der Waals surface area (Å²) in [7, 11) is -3.73. The Bertz CT molecular complexity index is 1070. The first-order valence-electron chi connectivity index (χ1n) is 10.3. The van der Waals surface area contributed by atoms with E-state index >= 15 is 0 Å². The molecule has 0 amide bonds. The lowest BCUT2D eigenvalue weighted by Crippen LogP contribution is -2.37. The number of hydrogen-bond acceptors (Lipinski definition) is 3. The molecule has 160 valence electrons. The van der Waals surface area contributed by atoms with Crippen LogP contribution in [0.4, 0.5) is 0 Å². The van der Waals surface area contributed by atoms with Gasteiger partial charge in [-0.1, -0.05) is 81.4 Å². The quantitative estimate of drug-likeness (QED) is 0.545. The highest BCUT2D eigenvalue weighted by molar-refractivity contribution is 7.89. The van der Waals surface area contributed by atoms with Crippen LogP contribution in [0.5, 0.6) is 0 Å². The molecule has 6 heteroatoms. The molecule has 0 radical (unpaired) electrons. The smallest absolute Gasteiger partial charge is 0.247 e. The van der Waals surface area contributed by atoms with Gasteiger partial charge in [0.25, 0.3) is 0 Å². The molecule has 2 aromatic carbocycles. The van der Waals surface area contributed by atoms with Crippen molar-refractivity contribution < 1.29 is 8.42 Å². The first kappa shape index (κ1) is 22.2. The van der Waals surface area contributed by atoms with Crippen molar-refractivity contribution in [2.75, 3.05) is 0 Å². The van der Waals surface area contributed by atoms with E-state index in [1.807, 2.05) is 95.3 Å². The van der Waals surface area contributed by atoms with Crippen molar-refractivity contribution in [1.82, 2.24) is 14.1 Å².